The number of halogens is 9. The van der Waals surface area contributed by atoms with Crippen LogP contribution in [0.4, 0.5) is 39.5 Å². The smallest absolute Gasteiger partial charge is 0.338 e. The lowest BCUT2D eigenvalue weighted by Crippen LogP contribution is -2.11. The minimum absolute atomic E-state index is 0.0295. The van der Waals surface area contributed by atoms with Gasteiger partial charge < -0.3 is 4.98 Å². The number of hydrogen-bond acceptors (Lipinski definition) is 3. The highest BCUT2D eigenvalue weighted by molar-refractivity contribution is 5.85. The van der Waals surface area contributed by atoms with Crippen molar-refractivity contribution in [3.63, 3.8) is 0 Å². The first-order valence-electron chi connectivity index (χ1n) is 8.92. The number of rotatable bonds is 2. The molecule has 0 bridgehead atoms. The van der Waals surface area contributed by atoms with Crippen molar-refractivity contribution in [3.05, 3.63) is 65.6 Å². The van der Waals surface area contributed by atoms with Gasteiger partial charge in [-0.05, 0) is 30.3 Å². The summed E-state index contributed by atoms with van der Waals surface area (Å²) in [6.07, 6.45) is -12.0. The van der Waals surface area contributed by atoms with E-state index in [-0.39, 0.29) is 11.6 Å². The number of imidazole rings is 1. The van der Waals surface area contributed by atoms with Crippen LogP contribution in [0.2, 0.25) is 0 Å². The topological polar surface area (TPSA) is 54.5 Å². The number of aromatic amines is 1. The van der Waals surface area contributed by atoms with Crippen LogP contribution >= 0.6 is 0 Å². The van der Waals surface area contributed by atoms with Crippen molar-refractivity contribution >= 4 is 11.0 Å². The minimum Gasteiger partial charge on any atom is -0.338 e. The SMILES string of the molecule is FC(F)(F)c1cc(C(F)(F)F)c2nc(-c3ccnc(-c4cccnc4)c3C(F)(F)F)[nH]c2c1. The van der Waals surface area contributed by atoms with Crippen molar-refractivity contribution in [2.75, 3.05) is 0 Å². The number of nitrogens with zero attached hydrogens (tertiary/aromatic N) is 3. The quantitative estimate of drug-likeness (QED) is 0.326. The number of pyridine rings is 2. The third-order valence-electron chi connectivity index (χ3n) is 4.64. The van der Waals surface area contributed by atoms with Crippen molar-refractivity contribution in [2.45, 2.75) is 18.5 Å². The maximum atomic E-state index is 14.0. The summed E-state index contributed by atoms with van der Waals surface area (Å²) in [5, 5.41) is 0. The van der Waals surface area contributed by atoms with E-state index in [1.807, 2.05) is 0 Å². The summed E-state index contributed by atoms with van der Waals surface area (Å²) < 4.78 is 122. The first kappa shape index (κ1) is 22.6. The van der Waals surface area contributed by atoms with Crippen molar-refractivity contribution in [2.24, 2.45) is 0 Å². The summed E-state index contributed by atoms with van der Waals surface area (Å²) in [4.78, 5) is 13.2. The Morgan fingerprint density at radius 3 is 2.09 bits per heavy atom. The Kier molecular flexibility index (Phi) is 5.10. The van der Waals surface area contributed by atoms with Crippen LogP contribution < -0.4 is 0 Å². The number of benzene rings is 1. The summed E-state index contributed by atoms with van der Waals surface area (Å²) in [6, 6.07) is 3.74. The maximum Gasteiger partial charge on any atom is 0.419 e. The van der Waals surface area contributed by atoms with Crippen molar-refractivity contribution in [1.29, 1.82) is 0 Å². The van der Waals surface area contributed by atoms with E-state index >= 15 is 0 Å². The number of nitrogens with one attached hydrogen (secondary N) is 1. The number of aromatic nitrogens is 4. The Bertz CT molecular complexity index is 1320. The van der Waals surface area contributed by atoms with Gasteiger partial charge in [-0.1, -0.05) is 0 Å². The Hall–Kier alpha value is -3.64. The van der Waals surface area contributed by atoms with Gasteiger partial charge in [-0.2, -0.15) is 39.5 Å². The zero-order chi connectivity index (χ0) is 24.2. The van der Waals surface area contributed by atoms with Gasteiger partial charge in [-0.3, -0.25) is 9.97 Å². The molecule has 0 atom stereocenters. The van der Waals surface area contributed by atoms with Crippen LogP contribution in [0, 0.1) is 0 Å². The zero-order valence-electron chi connectivity index (χ0n) is 15.9. The standard InChI is InChI=1S/C20H9F9N4/c21-18(22,23)10-6-12(19(24,25)26)16-13(7-10)32-17(33-16)11-3-5-31-15(14(11)20(27,28)29)9-2-1-4-30-8-9/h1-8H,(H,32,33). The van der Waals surface area contributed by atoms with Gasteiger partial charge in [-0.15, -0.1) is 0 Å². The van der Waals surface area contributed by atoms with Gasteiger partial charge in [0, 0.05) is 29.7 Å². The molecular weight excluding hydrogens is 467 g/mol. The molecule has 0 spiro atoms. The molecule has 0 saturated heterocycles. The lowest BCUT2D eigenvalue weighted by atomic mass is 10.0. The van der Waals surface area contributed by atoms with E-state index in [1.165, 1.54) is 18.3 Å². The number of fused-ring (bicyclic) bond motifs is 1. The second-order valence-electron chi connectivity index (χ2n) is 6.82. The Morgan fingerprint density at radius 2 is 1.52 bits per heavy atom. The molecule has 1 N–H and O–H groups in total. The van der Waals surface area contributed by atoms with Crippen molar-refractivity contribution in [1.82, 2.24) is 19.9 Å². The molecule has 4 rings (SSSR count). The van der Waals surface area contributed by atoms with Gasteiger partial charge in [0.25, 0.3) is 0 Å². The zero-order valence-corrected chi connectivity index (χ0v) is 15.9. The molecule has 4 aromatic rings. The Balaban J connectivity index is 2.02. The fourth-order valence-corrected chi connectivity index (χ4v) is 3.29. The molecule has 0 aliphatic carbocycles. The van der Waals surface area contributed by atoms with Gasteiger partial charge in [-0.25, -0.2) is 4.98 Å². The average molecular weight is 476 g/mol. The molecule has 3 heterocycles. The van der Waals surface area contributed by atoms with Gasteiger partial charge in [0.05, 0.1) is 27.9 Å². The highest BCUT2D eigenvalue weighted by atomic mass is 19.4. The van der Waals surface area contributed by atoms with Crippen molar-refractivity contribution in [3.8, 4) is 22.6 Å². The number of hydrogen-bond donors (Lipinski definition) is 1. The largest absolute Gasteiger partial charge is 0.419 e. The molecule has 0 saturated carbocycles. The van der Waals surface area contributed by atoms with E-state index in [1.54, 1.807) is 0 Å². The monoisotopic (exact) mass is 476 g/mol. The first-order chi connectivity index (χ1) is 15.3. The molecule has 4 nitrogen and oxygen atoms in total. The maximum absolute atomic E-state index is 14.0. The van der Waals surface area contributed by atoms with E-state index in [4.69, 9.17) is 0 Å². The normalized spacial score (nSPS) is 13.0. The van der Waals surface area contributed by atoms with Crippen LogP contribution in [-0.2, 0) is 18.5 Å². The van der Waals surface area contributed by atoms with Gasteiger partial charge in [0.1, 0.15) is 11.3 Å². The third-order valence-corrected chi connectivity index (χ3v) is 4.64. The molecule has 0 aliphatic rings. The average Bonchev–Trinajstić information content (AvgIpc) is 3.15. The predicted molar refractivity (Wildman–Crippen MR) is 97.6 cm³/mol. The number of alkyl halides is 9. The Morgan fingerprint density at radius 1 is 0.788 bits per heavy atom. The van der Waals surface area contributed by atoms with Crippen LogP contribution in [0.25, 0.3) is 33.7 Å². The molecule has 172 valence electrons. The summed E-state index contributed by atoms with van der Waals surface area (Å²) in [6.45, 7) is 0. The Labute approximate surface area is 178 Å². The first-order valence-corrected chi connectivity index (χ1v) is 8.92. The van der Waals surface area contributed by atoms with Crippen LogP contribution in [-0.4, -0.2) is 19.9 Å². The second kappa shape index (κ2) is 7.46. The minimum atomic E-state index is -5.24. The third kappa shape index (κ3) is 4.22. The summed E-state index contributed by atoms with van der Waals surface area (Å²) in [5.41, 5.74) is -7.64. The van der Waals surface area contributed by atoms with E-state index in [0.29, 0.717) is 6.07 Å². The molecule has 0 radical (unpaired) electrons. The molecular formula is C20H9F9N4. The summed E-state index contributed by atoms with van der Waals surface area (Å²) in [7, 11) is 0. The molecule has 33 heavy (non-hydrogen) atoms. The van der Waals surface area contributed by atoms with Crippen LogP contribution in [0.5, 0.6) is 0 Å². The van der Waals surface area contributed by atoms with Crippen LogP contribution in [0.15, 0.2) is 48.9 Å². The fraction of sp³-hybridized carbons (Fsp3) is 0.150. The molecule has 0 amide bonds. The molecule has 13 heteroatoms. The van der Waals surface area contributed by atoms with Gasteiger partial charge in [0.15, 0.2) is 0 Å². The fourth-order valence-electron chi connectivity index (χ4n) is 3.29. The lowest BCUT2D eigenvalue weighted by Gasteiger charge is -2.15. The highest BCUT2D eigenvalue weighted by Crippen LogP contribution is 2.44. The van der Waals surface area contributed by atoms with Crippen LogP contribution in [0.1, 0.15) is 16.7 Å². The molecule has 0 unspecified atom stereocenters. The van der Waals surface area contributed by atoms with Gasteiger partial charge >= 0.3 is 18.5 Å². The van der Waals surface area contributed by atoms with Crippen LogP contribution in [0.3, 0.4) is 0 Å². The van der Waals surface area contributed by atoms with Crippen molar-refractivity contribution < 1.29 is 39.5 Å². The molecule has 0 fully saturated rings. The number of H-pyrrole nitrogens is 1. The lowest BCUT2D eigenvalue weighted by molar-refractivity contribution is -0.142. The highest BCUT2D eigenvalue weighted by Gasteiger charge is 2.41. The van der Waals surface area contributed by atoms with E-state index < -0.39 is 63.3 Å². The van der Waals surface area contributed by atoms with Gasteiger partial charge in [0.2, 0.25) is 0 Å². The molecule has 1 aromatic carbocycles. The summed E-state index contributed by atoms with van der Waals surface area (Å²) in [5.74, 6) is -0.699. The van der Waals surface area contributed by atoms with E-state index in [2.05, 4.69) is 19.9 Å². The second-order valence-corrected chi connectivity index (χ2v) is 6.82. The summed E-state index contributed by atoms with van der Waals surface area (Å²) >= 11 is 0. The van der Waals surface area contributed by atoms with E-state index in [0.717, 1.165) is 18.5 Å². The predicted octanol–water partition coefficient (Wildman–Crippen LogP) is 6.74. The molecule has 0 aliphatic heterocycles. The molecule has 3 aromatic heterocycles. The van der Waals surface area contributed by atoms with E-state index in [9.17, 15) is 39.5 Å².